The lowest BCUT2D eigenvalue weighted by Crippen LogP contribution is -2.27. The third kappa shape index (κ3) is 3.32. The van der Waals surface area contributed by atoms with Gasteiger partial charge in [0.1, 0.15) is 0 Å². The zero-order valence-corrected chi connectivity index (χ0v) is 15.0. The molecule has 0 spiro atoms. The molecular weight excluding hydrogens is 346 g/mol. The van der Waals surface area contributed by atoms with E-state index in [9.17, 15) is 13.2 Å². The number of hydrogen-bond acceptors (Lipinski definition) is 3. The van der Waals surface area contributed by atoms with Gasteiger partial charge in [-0.1, -0.05) is 17.7 Å². The first kappa shape index (κ1) is 17.0. The Bertz CT molecular complexity index is 922. The summed E-state index contributed by atoms with van der Waals surface area (Å²) >= 11 is 6.01. The molecule has 1 atom stereocenters. The van der Waals surface area contributed by atoms with Crippen LogP contribution in [0.25, 0.3) is 0 Å². The van der Waals surface area contributed by atoms with Crippen LogP contribution < -0.4 is 5.32 Å². The van der Waals surface area contributed by atoms with Gasteiger partial charge in [0.05, 0.1) is 10.9 Å². The summed E-state index contributed by atoms with van der Waals surface area (Å²) in [6.45, 7) is 1.74. The Morgan fingerprint density at radius 2 is 1.96 bits per heavy atom. The van der Waals surface area contributed by atoms with E-state index in [1.165, 1.54) is 12.1 Å². The number of hydrogen-bond donors (Lipinski definition) is 1. The van der Waals surface area contributed by atoms with E-state index in [0.717, 1.165) is 30.2 Å². The molecule has 3 rings (SSSR count). The molecule has 0 radical (unpaired) electrons. The van der Waals surface area contributed by atoms with Crippen LogP contribution in [0.15, 0.2) is 41.3 Å². The summed E-state index contributed by atoms with van der Waals surface area (Å²) in [5, 5.41) is 3.74. The average molecular weight is 364 g/mol. The molecule has 24 heavy (non-hydrogen) atoms. The molecule has 1 N–H and O–H groups in total. The van der Waals surface area contributed by atoms with Gasteiger partial charge in [-0.25, -0.2) is 8.42 Å². The maximum absolute atomic E-state index is 12.6. The minimum atomic E-state index is -3.28. The van der Waals surface area contributed by atoms with Crippen molar-refractivity contribution in [3.63, 3.8) is 0 Å². The van der Waals surface area contributed by atoms with Crippen LogP contribution in [0.1, 0.15) is 39.5 Å². The van der Waals surface area contributed by atoms with Gasteiger partial charge in [-0.2, -0.15) is 0 Å². The Hall–Kier alpha value is -1.85. The van der Waals surface area contributed by atoms with Crippen molar-refractivity contribution in [2.24, 2.45) is 0 Å². The van der Waals surface area contributed by atoms with Crippen molar-refractivity contribution in [3.05, 3.63) is 63.7 Å². The minimum Gasteiger partial charge on any atom is -0.345 e. The molecule has 0 fully saturated rings. The fourth-order valence-corrected chi connectivity index (χ4v) is 3.99. The van der Waals surface area contributed by atoms with Gasteiger partial charge in [0.15, 0.2) is 9.84 Å². The number of amides is 1. The molecule has 0 saturated carbocycles. The average Bonchev–Trinajstić information content (AvgIpc) is 2.88. The number of nitrogens with one attached hydrogen (secondary N) is 1. The molecule has 2 aromatic rings. The number of carbonyl (C=O) groups excluding carboxylic acids is 1. The quantitative estimate of drug-likeness (QED) is 0.908. The zero-order chi connectivity index (χ0) is 17.5. The highest BCUT2D eigenvalue weighted by Crippen LogP contribution is 2.33. The van der Waals surface area contributed by atoms with Crippen LogP contribution in [0.2, 0.25) is 5.02 Å². The molecule has 0 bridgehead atoms. The first-order valence-electron chi connectivity index (χ1n) is 7.65. The van der Waals surface area contributed by atoms with Crippen LogP contribution in [0.5, 0.6) is 0 Å². The van der Waals surface area contributed by atoms with E-state index in [0.29, 0.717) is 16.1 Å². The molecular formula is C18H18ClNO3S. The Morgan fingerprint density at radius 1 is 1.21 bits per heavy atom. The monoisotopic (exact) mass is 363 g/mol. The Balaban J connectivity index is 1.82. The summed E-state index contributed by atoms with van der Waals surface area (Å²) in [6.07, 6.45) is 2.87. The first-order chi connectivity index (χ1) is 11.3. The molecule has 1 aliphatic carbocycles. The maximum Gasteiger partial charge on any atom is 0.252 e. The number of benzene rings is 2. The normalized spacial score (nSPS) is 16.7. The molecule has 0 heterocycles. The standard InChI is InChI=1S/C18H18ClNO3S/c1-11-9-14(24(2,22)23)5-7-15(11)18(21)20-17-8-3-12-10-13(19)4-6-16(12)17/h4-7,9-10,17H,3,8H2,1-2H3,(H,20,21). The second kappa shape index (κ2) is 6.22. The SMILES string of the molecule is Cc1cc(S(C)(=O)=O)ccc1C(=O)NC1CCc2cc(Cl)ccc21. The van der Waals surface area contributed by atoms with Crippen LogP contribution in [0.3, 0.4) is 0 Å². The predicted octanol–water partition coefficient (Wildman–Crippen LogP) is 3.47. The summed E-state index contributed by atoms with van der Waals surface area (Å²) in [5.41, 5.74) is 3.39. The second-order valence-electron chi connectivity index (χ2n) is 6.16. The van der Waals surface area contributed by atoms with Gasteiger partial charge < -0.3 is 5.32 Å². The van der Waals surface area contributed by atoms with Crippen molar-refractivity contribution >= 4 is 27.3 Å². The zero-order valence-electron chi connectivity index (χ0n) is 13.5. The lowest BCUT2D eigenvalue weighted by Gasteiger charge is -2.15. The second-order valence-corrected chi connectivity index (χ2v) is 8.61. The van der Waals surface area contributed by atoms with Gasteiger partial charge in [-0.15, -0.1) is 0 Å². The summed E-state index contributed by atoms with van der Waals surface area (Å²) in [5.74, 6) is -0.194. The van der Waals surface area contributed by atoms with E-state index in [4.69, 9.17) is 11.6 Å². The Labute approximate surface area is 146 Å². The smallest absolute Gasteiger partial charge is 0.252 e. The van der Waals surface area contributed by atoms with Gasteiger partial charge in [0.2, 0.25) is 0 Å². The molecule has 1 unspecified atom stereocenters. The van der Waals surface area contributed by atoms with Crippen LogP contribution >= 0.6 is 11.6 Å². The number of rotatable bonds is 3. The summed E-state index contributed by atoms with van der Waals surface area (Å²) in [6, 6.07) is 10.3. The number of fused-ring (bicyclic) bond motifs is 1. The molecule has 0 aliphatic heterocycles. The van der Waals surface area contributed by atoms with Gasteiger partial charge in [-0.3, -0.25) is 4.79 Å². The minimum absolute atomic E-state index is 0.0428. The number of halogens is 1. The van der Waals surface area contributed by atoms with Crippen LogP contribution in [0.4, 0.5) is 0 Å². The van der Waals surface area contributed by atoms with E-state index in [1.54, 1.807) is 13.0 Å². The van der Waals surface area contributed by atoms with Crippen molar-refractivity contribution in [1.82, 2.24) is 5.32 Å². The highest BCUT2D eigenvalue weighted by atomic mass is 35.5. The Morgan fingerprint density at radius 3 is 2.62 bits per heavy atom. The molecule has 126 valence electrons. The molecule has 0 aromatic heterocycles. The lowest BCUT2D eigenvalue weighted by atomic mass is 10.1. The maximum atomic E-state index is 12.6. The summed E-state index contributed by atoms with van der Waals surface area (Å²) in [7, 11) is -3.28. The third-order valence-corrected chi connectivity index (χ3v) is 5.70. The topological polar surface area (TPSA) is 63.2 Å². The molecule has 1 aliphatic rings. The van der Waals surface area contributed by atoms with E-state index in [2.05, 4.69) is 5.32 Å². The summed E-state index contributed by atoms with van der Waals surface area (Å²) < 4.78 is 23.2. The fourth-order valence-electron chi connectivity index (χ4n) is 3.09. The van der Waals surface area contributed by atoms with E-state index >= 15 is 0 Å². The number of sulfone groups is 1. The van der Waals surface area contributed by atoms with Crippen LogP contribution in [0, 0.1) is 6.92 Å². The van der Waals surface area contributed by atoms with E-state index in [-0.39, 0.29) is 16.8 Å². The fraction of sp³-hybridized carbons (Fsp3) is 0.278. The van der Waals surface area contributed by atoms with Gasteiger partial charge in [0.25, 0.3) is 5.91 Å². The molecule has 4 nitrogen and oxygen atoms in total. The van der Waals surface area contributed by atoms with Crippen molar-refractivity contribution in [1.29, 1.82) is 0 Å². The third-order valence-electron chi connectivity index (χ3n) is 4.36. The van der Waals surface area contributed by atoms with Crippen molar-refractivity contribution < 1.29 is 13.2 Å². The van der Waals surface area contributed by atoms with Gasteiger partial charge in [-0.05, 0) is 66.8 Å². The van der Waals surface area contributed by atoms with Gasteiger partial charge in [0, 0.05) is 16.8 Å². The lowest BCUT2D eigenvalue weighted by molar-refractivity contribution is 0.0936. The van der Waals surface area contributed by atoms with Crippen molar-refractivity contribution in [2.45, 2.75) is 30.7 Å². The highest BCUT2D eigenvalue weighted by molar-refractivity contribution is 7.90. The first-order valence-corrected chi connectivity index (χ1v) is 9.92. The highest BCUT2D eigenvalue weighted by Gasteiger charge is 2.25. The van der Waals surface area contributed by atoms with E-state index in [1.807, 2.05) is 18.2 Å². The molecule has 2 aromatic carbocycles. The van der Waals surface area contributed by atoms with Gasteiger partial charge >= 0.3 is 0 Å². The van der Waals surface area contributed by atoms with Crippen LogP contribution in [-0.2, 0) is 16.3 Å². The van der Waals surface area contributed by atoms with Crippen molar-refractivity contribution in [3.8, 4) is 0 Å². The molecule has 1 amide bonds. The van der Waals surface area contributed by atoms with Crippen molar-refractivity contribution in [2.75, 3.05) is 6.26 Å². The Kier molecular flexibility index (Phi) is 4.40. The largest absolute Gasteiger partial charge is 0.345 e. The number of carbonyl (C=O) groups is 1. The van der Waals surface area contributed by atoms with E-state index < -0.39 is 9.84 Å². The molecule has 0 saturated heterocycles. The predicted molar refractivity (Wildman–Crippen MR) is 94.3 cm³/mol. The van der Waals surface area contributed by atoms with Crippen LogP contribution in [-0.4, -0.2) is 20.6 Å². The number of aryl methyl sites for hydroxylation is 2. The summed E-state index contributed by atoms with van der Waals surface area (Å²) in [4.78, 5) is 12.8. The molecule has 6 heteroatoms.